The monoisotopic (exact) mass is 1020 g/mol. The molecule has 1 atom stereocenters. The third-order valence-corrected chi connectivity index (χ3v) is 14.6. The summed E-state index contributed by atoms with van der Waals surface area (Å²) in [5, 5.41) is 0. The van der Waals surface area contributed by atoms with Crippen LogP contribution in [0.15, 0.2) is 36.5 Å². The Hall–Kier alpha value is -2.37. The zero-order chi connectivity index (χ0) is 52.9. The number of allylic oxidation sites excluding steroid dienone is 6. The number of esters is 3. The molecule has 0 amide bonds. The molecule has 428 valence electrons. The lowest BCUT2D eigenvalue weighted by molar-refractivity contribution is -0.167. The van der Waals surface area contributed by atoms with Gasteiger partial charge >= 0.3 is 17.9 Å². The average Bonchev–Trinajstić information content (AvgIpc) is 3.39. The lowest BCUT2D eigenvalue weighted by atomic mass is 10.0. The predicted octanol–water partition coefficient (Wildman–Crippen LogP) is 22.0. The van der Waals surface area contributed by atoms with Crippen LogP contribution in [0.3, 0.4) is 0 Å². The van der Waals surface area contributed by atoms with Gasteiger partial charge < -0.3 is 14.2 Å². The fraction of sp³-hybridized carbons (Fsp3) is 0.866. The summed E-state index contributed by atoms with van der Waals surface area (Å²) in [7, 11) is 0. The molecule has 0 saturated heterocycles. The van der Waals surface area contributed by atoms with E-state index in [-0.39, 0.29) is 31.1 Å². The normalized spacial score (nSPS) is 12.2. The van der Waals surface area contributed by atoms with Gasteiger partial charge in [-0.2, -0.15) is 0 Å². The van der Waals surface area contributed by atoms with Gasteiger partial charge in [0, 0.05) is 19.3 Å². The van der Waals surface area contributed by atoms with E-state index in [2.05, 4.69) is 57.2 Å². The number of ether oxygens (including phenoxy) is 3. The largest absolute Gasteiger partial charge is 0.462 e. The van der Waals surface area contributed by atoms with E-state index in [1.54, 1.807) is 0 Å². The molecule has 6 heteroatoms. The molecule has 0 N–H and O–H groups in total. The molecular weight excluding hydrogens is 901 g/mol. The maximum Gasteiger partial charge on any atom is 0.306 e. The third kappa shape index (κ3) is 60.4. The van der Waals surface area contributed by atoms with Crippen molar-refractivity contribution in [2.75, 3.05) is 13.2 Å². The fourth-order valence-corrected chi connectivity index (χ4v) is 9.73. The van der Waals surface area contributed by atoms with Crippen LogP contribution >= 0.6 is 0 Å². The van der Waals surface area contributed by atoms with Crippen molar-refractivity contribution in [2.45, 2.75) is 361 Å². The molecule has 0 heterocycles. The summed E-state index contributed by atoms with van der Waals surface area (Å²) in [5.74, 6) is -0.876. The number of hydrogen-bond donors (Lipinski definition) is 0. The number of rotatable bonds is 60. The zero-order valence-electron chi connectivity index (χ0n) is 49.2. The Labute approximate surface area is 455 Å². The van der Waals surface area contributed by atoms with Crippen LogP contribution in [0.2, 0.25) is 0 Å². The SMILES string of the molecule is CCCCCCCCC/C=C\C=C/CCCCCCCC(=O)OC(COC(=O)CCCCCCC/C=C\CCCCCCCCCCC)COC(=O)CCCCCCCCCCCCCCCCCCCCC. The molecule has 0 radical (unpaired) electrons. The van der Waals surface area contributed by atoms with E-state index in [4.69, 9.17) is 14.2 Å². The molecule has 0 aromatic heterocycles. The number of hydrogen-bond acceptors (Lipinski definition) is 6. The topological polar surface area (TPSA) is 78.9 Å². The van der Waals surface area contributed by atoms with Gasteiger partial charge in [-0.1, -0.05) is 301 Å². The molecule has 1 unspecified atom stereocenters. The Morgan fingerprint density at radius 1 is 0.274 bits per heavy atom. The summed E-state index contributed by atoms with van der Waals surface area (Å²) in [4.78, 5) is 38.3. The van der Waals surface area contributed by atoms with Crippen molar-refractivity contribution in [1.82, 2.24) is 0 Å². The molecular formula is C67H124O6. The van der Waals surface area contributed by atoms with Crippen molar-refractivity contribution >= 4 is 17.9 Å². The van der Waals surface area contributed by atoms with Crippen LogP contribution in [0.25, 0.3) is 0 Å². The van der Waals surface area contributed by atoms with Crippen LogP contribution in [-0.2, 0) is 28.6 Å². The van der Waals surface area contributed by atoms with E-state index < -0.39 is 6.10 Å². The van der Waals surface area contributed by atoms with Crippen LogP contribution in [-0.4, -0.2) is 37.2 Å². The minimum atomic E-state index is -0.782. The summed E-state index contributed by atoms with van der Waals surface area (Å²) >= 11 is 0. The predicted molar refractivity (Wildman–Crippen MR) is 316 cm³/mol. The van der Waals surface area contributed by atoms with Gasteiger partial charge in [0.1, 0.15) is 13.2 Å². The van der Waals surface area contributed by atoms with Gasteiger partial charge in [0.2, 0.25) is 0 Å². The van der Waals surface area contributed by atoms with Crippen LogP contribution in [0.1, 0.15) is 355 Å². The standard InChI is InChI=1S/C67H124O6/c1-4-7-10-13-16-19-22-25-28-31-34-37-39-42-45-48-51-54-57-60-66(69)72-63-64(73-67(70)61-58-55-52-49-46-43-40-36-33-30-27-24-21-18-15-12-9-6-3)62-71-65(68)59-56-53-50-47-44-41-38-35-32-29-26-23-20-17-14-11-8-5-2/h30,33,35-36,38,40,64H,4-29,31-32,34,37,39,41-63H2,1-3H3/b33-30-,38-35-,40-36-. The molecule has 0 aliphatic carbocycles. The number of carbonyl (C=O) groups is 3. The molecule has 0 aromatic carbocycles. The Bertz CT molecular complexity index is 1220. The van der Waals surface area contributed by atoms with Gasteiger partial charge in [0.05, 0.1) is 0 Å². The smallest absolute Gasteiger partial charge is 0.306 e. The molecule has 0 aromatic rings. The summed E-state index contributed by atoms with van der Waals surface area (Å²) in [6.07, 6.45) is 75.8. The minimum Gasteiger partial charge on any atom is -0.462 e. The second-order valence-corrected chi connectivity index (χ2v) is 22.1. The molecule has 0 bridgehead atoms. The molecule has 73 heavy (non-hydrogen) atoms. The van der Waals surface area contributed by atoms with Gasteiger partial charge in [-0.05, 0) is 70.6 Å². The lowest BCUT2D eigenvalue weighted by Crippen LogP contribution is -2.30. The highest BCUT2D eigenvalue weighted by molar-refractivity contribution is 5.71. The van der Waals surface area contributed by atoms with Crippen LogP contribution < -0.4 is 0 Å². The van der Waals surface area contributed by atoms with Crippen molar-refractivity contribution in [2.24, 2.45) is 0 Å². The summed E-state index contributed by atoms with van der Waals surface area (Å²) in [6.45, 7) is 6.68. The van der Waals surface area contributed by atoms with Crippen molar-refractivity contribution in [1.29, 1.82) is 0 Å². The van der Waals surface area contributed by atoms with Gasteiger partial charge in [-0.25, -0.2) is 0 Å². The maximum atomic E-state index is 12.9. The van der Waals surface area contributed by atoms with E-state index in [0.29, 0.717) is 19.3 Å². The summed E-state index contributed by atoms with van der Waals surface area (Å²) in [6, 6.07) is 0. The highest BCUT2D eigenvalue weighted by atomic mass is 16.6. The highest BCUT2D eigenvalue weighted by Gasteiger charge is 2.19. The first-order chi connectivity index (χ1) is 36.0. The quantitative estimate of drug-likeness (QED) is 0.0199. The first kappa shape index (κ1) is 70.6. The van der Waals surface area contributed by atoms with Gasteiger partial charge in [-0.15, -0.1) is 0 Å². The number of unbranched alkanes of at least 4 members (excludes halogenated alkanes) is 44. The fourth-order valence-electron chi connectivity index (χ4n) is 9.73. The third-order valence-electron chi connectivity index (χ3n) is 14.6. The van der Waals surface area contributed by atoms with Crippen molar-refractivity contribution in [3.63, 3.8) is 0 Å². The molecule has 6 nitrogen and oxygen atoms in total. The summed E-state index contributed by atoms with van der Waals surface area (Å²) < 4.78 is 16.9. The average molecular weight is 1030 g/mol. The minimum absolute atomic E-state index is 0.0769. The Morgan fingerprint density at radius 2 is 0.493 bits per heavy atom. The molecule has 0 fully saturated rings. The molecule has 0 aliphatic rings. The summed E-state index contributed by atoms with van der Waals surface area (Å²) in [5.41, 5.74) is 0. The Balaban J connectivity index is 4.36. The molecule has 0 aliphatic heterocycles. The van der Waals surface area contributed by atoms with E-state index >= 15 is 0 Å². The van der Waals surface area contributed by atoms with Gasteiger partial charge in [-0.3, -0.25) is 14.4 Å². The Morgan fingerprint density at radius 3 is 0.767 bits per heavy atom. The van der Waals surface area contributed by atoms with Crippen molar-refractivity contribution in [3.05, 3.63) is 36.5 Å². The van der Waals surface area contributed by atoms with Gasteiger partial charge in [0.15, 0.2) is 6.10 Å². The van der Waals surface area contributed by atoms with E-state index in [1.807, 2.05) is 0 Å². The Kier molecular flexibility index (Phi) is 60.2. The van der Waals surface area contributed by atoms with Gasteiger partial charge in [0.25, 0.3) is 0 Å². The van der Waals surface area contributed by atoms with Crippen LogP contribution in [0.5, 0.6) is 0 Å². The first-order valence-electron chi connectivity index (χ1n) is 32.5. The second kappa shape index (κ2) is 62.2. The van der Waals surface area contributed by atoms with E-state index in [0.717, 1.165) is 83.5 Å². The molecule has 0 saturated carbocycles. The zero-order valence-corrected chi connectivity index (χ0v) is 49.2. The molecule has 0 rings (SSSR count). The second-order valence-electron chi connectivity index (χ2n) is 22.1. The van der Waals surface area contributed by atoms with Crippen molar-refractivity contribution in [3.8, 4) is 0 Å². The van der Waals surface area contributed by atoms with Crippen LogP contribution in [0.4, 0.5) is 0 Å². The lowest BCUT2D eigenvalue weighted by Gasteiger charge is -2.18. The molecule has 0 spiro atoms. The first-order valence-corrected chi connectivity index (χ1v) is 32.5. The number of carbonyl (C=O) groups excluding carboxylic acids is 3. The highest BCUT2D eigenvalue weighted by Crippen LogP contribution is 2.17. The van der Waals surface area contributed by atoms with E-state index in [1.165, 1.54) is 231 Å². The van der Waals surface area contributed by atoms with Crippen molar-refractivity contribution < 1.29 is 28.6 Å². The van der Waals surface area contributed by atoms with Crippen LogP contribution in [0, 0.1) is 0 Å². The maximum absolute atomic E-state index is 12.9. The van der Waals surface area contributed by atoms with E-state index in [9.17, 15) is 14.4 Å².